The van der Waals surface area contributed by atoms with Gasteiger partial charge in [-0.25, -0.2) is 4.79 Å². The molecule has 1 aromatic rings. The first kappa shape index (κ1) is 8.72. The molecule has 0 radical (unpaired) electrons. The van der Waals surface area contributed by atoms with E-state index in [1.165, 1.54) is 0 Å². The van der Waals surface area contributed by atoms with Gasteiger partial charge < -0.3 is 9.84 Å². The molecule has 2 rings (SSSR count). The van der Waals surface area contributed by atoms with Gasteiger partial charge in [-0.3, -0.25) is 0 Å². The van der Waals surface area contributed by atoms with Crippen molar-refractivity contribution < 1.29 is 14.6 Å². The Labute approximate surface area is 83.5 Å². The summed E-state index contributed by atoms with van der Waals surface area (Å²) in [6.07, 6.45) is 0. The molecule has 68 valence electrons. The SMILES string of the molecule is O=C1OCc2cc(Br)c(CO)cc21. The van der Waals surface area contributed by atoms with E-state index < -0.39 is 0 Å². The van der Waals surface area contributed by atoms with Crippen LogP contribution in [0.25, 0.3) is 0 Å². The smallest absolute Gasteiger partial charge is 0.338 e. The molecular weight excluding hydrogens is 236 g/mol. The van der Waals surface area contributed by atoms with Crippen LogP contribution in [0.3, 0.4) is 0 Å². The van der Waals surface area contributed by atoms with Crippen LogP contribution < -0.4 is 0 Å². The van der Waals surface area contributed by atoms with Crippen LogP contribution in [0.15, 0.2) is 16.6 Å². The topological polar surface area (TPSA) is 46.5 Å². The summed E-state index contributed by atoms with van der Waals surface area (Å²) in [5, 5.41) is 8.95. The van der Waals surface area contributed by atoms with Crippen molar-refractivity contribution in [2.75, 3.05) is 0 Å². The number of fused-ring (bicyclic) bond motifs is 1. The van der Waals surface area contributed by atoms with Crippen LogP contribution in [-0.2, 0) is 18.0 Å². The van der Waals surface area contributed by atoms with E-state index in [1.807, 2.05) is 6.07 Å². The minimum absolute atomic E-state index is 0.0822. The number of carbonyl (C=O) groups is 1. The van der Waals surface area contributed by atoms with Crippen LogP contribution in [0.4, 0.5) is 0 Å². The summed E-state index contributed by atoms with van der Waals surface area (Å²) in [4.78, 5) is 11.1. The molecule has 1 heterocycles. The van der Waals surface area contributed by atoms with E-state index in [2.05, 4.69) is 15.9 Å². The number of carbonyl (C=O) groups excluding carboxylic acids is 1. The predicted molar refractivity (Wildman–Crippen MR) is 49.2 cm³/mol. The average Bonchev–Trinajstić information content (AvgIpc) is 2.46. The molecule has 0 fully saturated rings. The number of cyclic esters (lactones) is 1. The molecule has 0 amide bonds. The first-order valence-electron chi connectivity index (χ1n) is 3.81. The van der Waals surface area contributed by atoms with E-state index >= 15 is 0 Å². The zero-order valence-corrected chi connectivity index (χ0v) is 8.30. The Morgan fingerprint density at radius 2 is 2.31 bits per heavy atom. The molecule has 0 aromatic heterocycles. The molecular formula is C9H7BrO3. The highest BCUT2D eigenvalue weighted by Crippen LogP contribution is 2.27. The van der Waals surface area contributed by atoms with E-state index in [-0.39, 0.29) is 12.6 Å². The summed E-state index contributed by atoms with van der Waals surface area (Å²) in [6, 6.07) is 3.47. The van der Waals surface area contributed by atoms with Crippen molar-refractivity contribution in [2.45, 2.75) is 13.2 Å². The van der Waals surface area contributed by atoms with Crippen LogP contribution in [0.2, 0.25) is 0 Å². The molecule has 1 aromatic carbocycles. The van der Waals surface area contributed by atoms with Crippen molar-refractivity contribution in [1.29, 1.82) is 0 Å². The van der Waals surface area contributed by atoms with Crippen molar-refractivity contribution in [1.82, 2.24) is 0 Å². The Balaban J connectivity index is 2.57. The lowest BCUT2D eigenvalue weighted by Crippen LogP contribution is -1.96. The highest BCUT2D eigenvalue weighted by atomic mass is 79.9. The number of ether oxygens (including phenoxy) is 1. The third-order valence-corrected chi connectivity index (χ3v) is 2.76. The highest BCUT2D eigenvalue weighted by molar-refractivity contribution is 9.10. The normalized spacial score (nSPS) is 14.2. The van der Waals surface area contributed by atoms with E-state index in [0.717, 1.165) is 10.0 Å². The number of aliphatic hydroxyl groups excluding tert-OH is 1. The maximum atomic E-state index is 11.1. The number of rotatable bonds is 1. The minimum Gasteiger partial charge on any atom is -0.457 e. The van der Waals surface area contributed by atoms with Crippen molar-refractivity contribution in [3.63, 3.8) is 0 Å². The lowest BCUT2D eigenvalue weighted by molar-refractivity contribution is 0.0535. The molecule has 0 atom stereocenters. The Kier molecular flexibility index (Phi) is 2.09. The van der Waals surface area contributed by atoms with Gasteiger partial charge in [0, 0.05) is 10.0 Å². The molecule has 4 heteroatoms. The molecule has 0 aliphatic carbocycles. The van der Waals surface area contributed by atoms with Crippen LogP contribution in [0.5, 0.6) is 0 Å². The van der Waals surface area contributed by atoms with Crippen LogP contribution in [0.1, 0.15) is 21.5 Å². The van der Waals surface area contributed by atoms with Crippen LogP contribution in [-0.4, -0.2) is 11.1 Å². The Morgan fingerprint density at radius 3 is 3.00 bits per heavy atom. The van der Waals surface area contributed by atoms with Gasteiger partial charge in [0.2, 0.25) is 0 Å². The fourth-order valence-corrected chi connectivity index (χ4v) is 1.83. The van der Waals surface area contributed by atoms with Crippen molar-refractivity contribution >= 4 is 21.9 Å². The second kappa shape index (κ2) is 3.12. The molecule has 13 heavy (non-hydrogen) atoms. The van der Waals surface area contributed by atoms with Gasteiger partial charge in [-0.05, 0) is 17.7 Å². The molecule has 0 bridgehead atoms. The Morgan fingerprint density at radius 1 is 1.54 bits per heavy atom. The summed E-state index contributed by atoms with van der Waals surface area (Å²) < 4.78 is 5.65. The average molecular weight is 243 g/mol. The third kappa shape index (κ3) is 1.36. The van der Waals surface area contributed by atoms with E-state index in [1.54, 1.807) is 6.07 Å². The number of esters is 1. The van der Waals surface area contributed by atoms with Gasteiger partial charge in [-0.1, -0.05) is 15.9 Å². The second-order valence-corrected chi connectivity index (χ2v) is 3.69. The van der Waals surface area contributed by atoms with Gasteiger partial charge in [0.1, 0.15) is 6.61 Å². The summed E-state index contributed by atoms with van der Waals surface area (Å²) >= 11 is 3.30. The van der Waals surface area contributed by atoms with E-state index in [0.29, 0.717) is 17.7 Å². The van der Waals surface area contributed by atoms with Gasteiger partial charge in [0.05, 0.1) is 12.2 Å². The zero-order valence-electron chi connectivity index (χ0n) is 6.71. The molecule has 1 aliphatic heterocycles. The van der Waals surface area contributed by atoms with Gasteiger partial charge >= 0.3 is 5.97 Å². The molecule has 0 saturated heterocycles. The number of aliphatic hydroxyl groups is 1. The Bertz CT molecular complexity index is 373. The number of hydrogen-bond acceptors (Lipinski definition) is 3. The second-order valence-electron chi connectivity index (χ2n) is 2.84. The molecule has 0 unspecified atom stereocenters. The third-order valence-electron chi connectivity index (χ3n) is 2.02. The maximum absolute atomic E-state index is 11.1. The molecule has 0 saturated carbocycles. The maximum Gasteiger partial charge on any atom is 0.338 e. The summed E-state index contributed by atoms with van der Waals surface area (Å²) in [5.41, 5.74) is 2.14. The highest BCUT2D eigenvalue weighted by Gasteiger charge is 2.22. The monoisotopic (exact) mass is 242 g/mol. The molecule has 1 aliphatic rings. The van der Waals surface area contributed by atoms with Crippen molar-refractivity contribution in [3.05, 3.63) is 33.3 Å². The lowest BCUT2D eigenvalue weighted by atomic mass is 10.1. The molecule has 1 N–H and O–H groups in total. The van der Waals surface area contributed by atoms with Crippen molar-refractivity contribution in [3.8, 4) is 0 Å². The predicted octanol–water partition coefficient (Wildman–Crippen LogP) is 1.61. The van der Waals surface area contributed by atoms with Gasteiger partial charge in [0.25, 0.3) is 0 Å². The van der Waals surface area contributed by atoms with E-state index in [9.17, 15) is 4.79 Å². The van der Waals surface area contributed by atoms with Gasteiger partial charge in [-0.15, -0.1) is 0 Å². The lowest BCUT2D eigenvalue weighted by Gasteiger charge is -2.01. The number of benzene rings is 1. The van der Waals surface area contributed by atoms with Crippen LogP contribution in [0, 0.1) is 0 Å². The standard InChI is InChI=1S/C9H7BrO3/c10-8-2-6-4-13-9(12)7(6)1-5(8)3-11/h1-2,11H,3-4H2. The first-order valence-corrected chi connectivity index (χ1v) is 4.61. The molecule has 3 nitrogen and oxygen atoms in total. The Hall–Kier alpha value is -0.870. The van der Waals surface area contributed by atoms with Gasteiger partial charge in [0.15, 0.2) is 0 Å². The zero-order chi connectivity index (χ0) is 9.42. The number of halogens is 1. The van der Waals surface area contributed by atoms with E-state index in [4.69, 9.17) is 9.84 Å². The largest absolute Gasteiger partial charge is 0.457 e. The van der Waals surface area contributed by atoms with Crippen LogP contribution >= 0.6 is 15.9 Å². The summed E-state index contributed by atoms with van der Waals surface area (Å²) in [7, 11) is 0. The first-order chi connectivity index (χ1) is 6.22. The van der Waals surface area contributed by atoms with Gasteiger partial charge in [-0.2, -0.15) is 0 Å². The number of hydrogen-bond donors (Lipinski definition) is 1. The summed E-state index contributed by atoms with van der Waals surface area (Å²) in [5.74, 6) is -0.308. The van der Waals surface area contributed by atoms with Crippen molar-refractivity contribution in [2.24, 2.45) is 0 Å². The summed E-state index contributed by atoms with van der Waals surface area (Å²) in [6.45, 7) is 0.250. The molecule has 0 spiro atoms. The fraction of sp³-hybridized carbons (Fsp3) is 0.222. The minimum atomic E-state index is -0.308. The quantitative estimate of drug-likeness (QED) is 0.762. The fourth-order valence-electron chi connectivity index (χ4n) is 1.31.